The largest absolute Gasteiger partial charge is 0.497 e. The maximum absolute atomic E-state index is 12.4. The van der Waals surface area contributed by atoms with Crippen molar-refractivity contribution in [1.29, 1.82) is 0 Å². The van der Waals surface area contributed by atoms with Crippen LogP contribution < -0.4 is 15.4 Å². The Kier molecular flexibility index (Phi) is 9.36. The summed E-state index contributed by atoms with van der Waals surface area (Å²) in [4.78, 5) is 5.71. The molecular formula is C20H30ClF3N4O. The zero-order valence-electron chi connectivity index (χ0n) is 17.0. The van der Waals surface area contributed by atoms with Crippen molar-refractivity contribution < 1.29 is 17.9 Å². The van der Waals surface area contributed by atoms with Gasteiger partial charge >= 0.3 is 6.18 Å². The van der Waals surface area contributed by atoms with E-state index in [0.29, 0.717) is 36.5 Å². The number of rotatable bonds is 8. The number of guanidine groups is 1. The molecule has 9 heteroatoms. The molecule has 0 atom stereocenters. The molecule has 0 amide bonds. The Labute approximate surface area is 175 Å². The molecule has 5 nitrogen and oxygen atoms in total. The number of likely N-dealkylation sites (tertiary alicyclic amines) is 1. The van der Waals surface area contributed by atoms with Gasteiger partial charge in [0, 0.05) is 25.2 Å². The second-order valence-corrected chi connectivity index (χ2v) is 7.66. The fourth-order valence-corrected chi connectivity index (χ4v) is 3.74. The summed E-state index contributed by atoms with van der Waals surface area (Å²) < 4.78 is 42.5. The highest BCUT2D eigenvalue weighted by atomic mass is 35.5. The molecule has 0 spiro atoms. The first kappa shape index (κ1) is 23.6. The molecule has 1 aromatic carbocycles. The van der Waals surface area contributed by atoms with E-state index in [4.69, 9.17) is 16.3 Å². The SMILES string of the molecule is CN=C(NCCc1ccc(OC)cc1Cl)NCCC1CCN(CC(F)(F)F)CC1. The number of methoxy groups -OCH3 is 1. The highest BCUT2D eigenvalue weighted by Crippen LogP contribution is 2.24. The van der Waals surface area contributed by atoms with Crippen LogP contribution >= 0.6 is 11.6 Å². The molecule has 29 heavy (non-hydrogen) atoms. The average Bonchev–Trinajstić information content (AvgIpc) is 2.68. The zero-order chi connectivity index (χ0) is 21.3. The Bertz CT molecular complexity index is 662. The molecule has 1 aliphatic heterocycles. The number of hydrogen-bond donors (Lipinski definition) is 2. The van der Waals surface area contributed by atoms with Crippen LogP contribution in [0.2, 0.25) is 5.02 Å². The smallest absolute Gasteiger partial charge is 0.401 e. The summed E-state index contributed by atoms with van der Waals surface area (Å²) >= 11 is 6.25. The molecule has 0 radical (unpaired) electrons. The Hall–Kier alpha value is -1.67. The van der Waals surface area contributed by atoms with Crippen molar-refractivity contribution in [2.24, 2.45) is 10.9 Å². The van der Waals surface area contributed by atoms with Gasteiger partial charge in [-0.1, -0.05) is 17.7 Å². The standard InChI is InChI=1S/C20H30ClF3N4O/c1-25-19(27-10-6-16-3-4-17(29-2)13-18(16)21)26-9-5-15-7-11-28(12-8-15)14-20(22,23)24/h3-4,13,15H,5-12,14H2,1-2H3,(H2,25,26,27). The normalized spacial score (nSPS) is 16.7. The lowest BCUT2D eigenvalue weighted by Gasteiger charge is -2.32. The number of hydrogen-bond acceptors (Lipinski definition) is 3. The number of halogens is 4. The molecule has 0 bridgehead atoms. The average molecular weight is 435 g/mol. The number of alkyl halides is 3. The lowest BCUT2D eigenvalue weighted by molar-refractivity contribution is -0.148. The van der Waals surface area contributed by atoms with Gasteiger partial charge in [-0.25, -0.2) is 0 Å². The summed E-state index contributed by atoms with van der Waals surface area (Å²) in [6, 6.07) is 5.63. The molecule has 1 aromatic rings. The summed E-state index contributed by atoms with van der Waals surface area (Å²) in [6.07, 6.45) is -0.825. The van der Waals surface area contributed by atoms with Gasteiger partial charge in [0.25, 0.3) is 0 Å². The van der Waals surface area contributed by atoms with Gasteiger partial charge in [0.05, 0.1) is 13.7 Å². The number of aliphatic imine (C=N–C) groups is 1. The topological polar surface area (TPSA) is 48.9 Å². The molecule has 0 unspecified atom stereocenters. The first-order valence-corrected chi connectivity index (χ1v) is 10.2. The van der Waals surface area contributed by atoms with E-state index >= 15 is 0 Å². The third-order valence-corrected chi connectivity index (χ3v) is 5.48. The summed E-state index contributed by atoms with van der Waals surface area (Å²) in [5.41, 5.74) is 1.03. The van der Waals surface area contributed by atoms with Gasteiger partial charge in [0.2, 0.25) is 0 Å². The molecule has 2 N–H and O–H groups in total. The first-order valence-electron chi connectivity index (χ1n) is 9.86. The number of nitrogens with zero attached hydrogens (tertiary/aromatic N) is 2. The van der Waals surface area contributed by atoms with Gasteiger partial charge in [0.15, 0.2) is 5.96 Å². The lowest BCUT2D eigenvalue weighted by Crippen LogP contribution is -2.42. The fourth-order valence-electron chi connectivity index (χ4n) is 3.48. The zero-order valence-corrected chi connectivity index (χ0v) is 17.7. The van der Waals surface area contributed by atoms with Crippen LogP contribution in [-0.4, -0.2) is 63.9 Å². The van der Waals surface area contributed by atoms with Crippen LogP contribution in [0.4, 0.5) is 13.2 Å². The fraction of sp³-hybridized carbons (Fsp3) is 0.650. The van der Waals surface area contributed by atoms with Gasteiger partial charge in [-0.3, -0.25) is 9.89 Å². The second kappa shape index (κ2) is 11.5. The summed E-state index contributed by atoms with van der Waals surface area (Å²) in [7, 11) is 3.32. The van der Waals surface area contributed by atoms with Crippen molar-refractivity contribution in [2.75, 3.05) is 46.9 Å². The van der Waals surface area contributed by atoms with E-state index in [1.165, 1.54) is 4.90 Å². The quantitative estimate of drug-likeness (QED) is 0.483. The van der Waals surface area contributed by atoms with Crippen LogP contribution in [0.5, 0.6) is 5.75 Å². The Morgan fingerprint density at radius 3 is 2.52 bits per heavy atom. The molecule has 1 saturated heterocycles. The maximum Gasteiger partial charge on any atom is 0.401 e. The number of piperidine rings is 1. The number of nitrogens with one attached hydrogen (secondary N) is 2. The maximum atomic E-state index is 12.4. The first-order chi connectivity index (χ1) is 13.8. The second-order valence-electron chi connectivity index (χ2n) is 7.26. The molecule has 2 rings (SSSR count). The van der Waals surface area contributed by atoms with Crippen LogP contribution in [0.1, 0.15) is 24.8 Å². The van der Waals surface area contributed by atoms with E-state index in [0.717, 1.165) is 43.5 Å². The van der Waals surface area contributed by atoms with E-state index in [-0.39, 0.29) is 0 Å². The molecule has 0 saturated carbocycles. The van der Waals surface area contributed by atoms with E-state index in [9.17, 15) is 13.2 Å². The van der Waals surface area contributed by atoms with Gasteiger partial charge in [-0.05, 0) is 62.4 Å². The Balaban J connectivity index is 1.63. The predicted octanol–water partition coefficient (Wildman–Crippen LogP) is 3.72. The van der Waals surface area contributed by atoms with Crippen LogP contribution in [-0.2, 0) is 6.42 Å². The minimum absolute atomic E-state index is 0.447. The van der Waals surface area contributed by atoms with Gasteiger partial charge in [-0.15, -0.1) is 0 Å². The molecule has 1 heterocycles. The summed E-state index contributed by atoms with van der Waals surface area (Å²) in [6.45, 7) is 1.65. The molecule has 164 valence electrons. The molecular weight excluding hydrogens is 405 g/mol. The highest BCUT2D eigenvalue weighted by Gasteiger charge is 2.32. The van der Waals surface area contributed by atoms with E-state index in [1.54, 1.807) is 20.2 Å². The minimum atomic E-state index is -4.11. The van der Waals surface area contributed by atoms with Crippen LogP contribution in [0, 0.1) is 5.92 Å². The van der Waals surface area contributed by atoms with Crippen LogP contribution in [0.25, 0.3) is 0 Å². The van der Waals surface area contributed by atoms with Crippen molar-refractivity contribution in [3.63, 3.8) is 0 Å². The van der Waals surface area contributed by atoms with Crippen molar-refractivity contribution in [3.8, 4) is 5.75 Å². The summed E-state index contributed by atoms with van der Waals surface area (Å²) in [5.74, 6) is 1.89. The van der Waals surface area contributed by atoms with E-state index in [2.05, 4.69) is 15.6 Å². The lowest BCUT2D eigenvalue weighted by atomic mass is 9.93. The van der Waals surface area contributed by atoms with Crippen LogP contribution in [0.3, 0.4) is 0 Å². The monoisotopic (exact) mass is 434 g/mol. The van der Waals surface area contributed by atoms with Crippen molar-refractivity contribution >= 4 is 17.6 Å². The molecule has 1 aliphatic rings. The predicted molar refractivity (Wildman–Crippen MR) is 111 cm³/mol. The Morgan fingerprint density at radius 2 is 1.93 bits per heavy atom. The highest BCUT2D eigenvalue weighted by molar-refractivity contribution is 6.31. The third-order valence-electron chi connectivity index (χ3n) is 5.13. The number of ether oxygens (including phenoxy) is 1. The van der Waals surface area contributed by atoms with E-state index in [1.807, 2.05) is 12.1 Å². The number of benzene rings is 1. The minimum Gasteiger partial charge on any atom is -0.497 e. The summed E-state index contributed by atoms with van der Waals surface area (Å²) in [5, 5.41) is 7.21. The Morgan fingerprint density at radius 1 is 1.24 bits per heavy atom. The molecule has 0 aromatic heterocycles. The van der Waals surface area contributed by atoms with Crippen LogP contribution in [0.15, 0.2) is 23.2 Å². The van der Waals surface area contributed by atoms with Gasteiger partial charge in [-0.2, -0.15) is 13.2 Å². The van der Waals surface area contributed by atoms with Crippen molar-refractivity contribution in [2.45, 2.75) is 31.9 Å². The molecule has 1 fully saturated rings. The van der Waals surface area contributed by atoms with Gasteiger partial charge in [0.1, 0.15) is 5.75 Å². The van der Waals surface area contributed by atoms with Crippen molar-refractivity contribution in [1.82, 2.24) is 15.5 Å². The third kappa shape index (κ3) is 8.70. The molecule has 0 aliphatic carbocycles. The van der Waals surface area contributed by atoms with E-state index < -0.39 is 12.7 Å². The van der Waals surface area contributed by atoms with Gasteiger partial charge < -0.3 is 15.4 Å². The van der Waals surface area contributed by atoms with Crippen molar-refractivity contribution in [3.05, 3.63) is 28.8 Å².